The Morgan fingerprint density at radius 1 is 1.10 bits per heavy atom. The number of halogens is 2. The maximum Gasteiger partial charge on any atom is 0.441 e. The molecule has 0 atom stereocenters. The van der Waals surface area contributed by atoms with Crippen molar-refractivity contribution >= 4 is 38.7 Å². The van der Waals surface area contributed by atoms with Gasteiger partial charge in [0, 0.05) is 10.6 Å². The summed E-state index contributed by atoms with van der Waals surface area (Å²) in [5.74, 6) is -1.01. The average molecular weight is 529 g/mol. The normalized spacial score (nSPS) is 12.0. The SMILES string of the molecule is Cn1c(=NC(=O)Oc2ccccc2)c(F)cn(S(=O)(=O)c2ccc(I)cc2)c1=O. The summed E-state index contributed by atoms with van der Waals surface area (Å²) in [5.41, 5.74) is -1.76. The van der Waals surface area contributed by atoms with Crippen molar-refractivity contribution in [3.63, 3.8) is 0 Å². The Morgan fingerprint density at radius 3 is 2.34 bits per heavy atom. The van der Waals surface area contributed by atoms with Crippen molar-refractivity contribution in [2.45, 2.75) is 4.90 Å². The summed E-state index contributed by atoms with van der Waals surface area (Å²) in [4.78, 5) is 27.7. The number of benzene rings is 2. The first-order chi connectivity index (χ1) is 13.7. The van der Waals surface area contributed by atoms with Gasteiger partial charge in [0.1, 0.15) is 5.75 Å². The van der Waals surface area contributed by atoms with Crippen molar-refractivity contribution in [1.82, 2.24) is 8.54 Å². The molecule has 8 nitrogen and oxygen atoms in total. The third kappa shape index (κ3) is 4.45. The fourth-order valence-corrected chi connectivity index (χ4v) is 3.96. The minimum atomic E-state index is -4.34. The summed E-state index contributed by atoms with van der Waals surface area (Å²) in [6.45, 7) is 0. The number of amides is 1. The van der Waals surface area contributed by atoms with E-state index in [1.807, 2.05) is 22.6 Å². The monoisotopic (exact) mass is 529 g/mol. The van der Waals surface area contributed by atoms with E-state index < -0.39 is 33.1 Å². The highest BCUT2D eigenvalue weighted by molar-refractivity contribution is 14.1. The molecule has 150 valence electrons. The Bertz CT molecular complexity index is 1300. The molecule has 0 saturated heterocycles. The lowest BCUT2D eigenvalue weighted by Gasteiger charge is -2.10. The smallest absolute Gasteiger partial charge is 0.409 e. The molecule has 2 aromatic carbocycles. The summed E-state index contributed by atoms with van der Waals surface area (Å²) in [6, 6.07) is 13.6. The van der Waals surface area contributed by atoms with Crippen LogP contribution >= 0.6 is 22.6 Å². The minimum absolute atomic E-state index is 0.180. The molecule has 0 bridgehead atoms. The molecule has 0 aliphatic carbocycles. The van der Waals surface area contributed by atoms with Gasteiger partial charge in [-0.3, -0.25) is 4.57 Å². The van der Waals surface area contributed by atoms with Gasteiger partial charge in [-0.05, 0) is 59.0 Å². The summed E-state index contributed by atoms with van der Waals surface area (Å²) in [6.07, 6.45) is -0.687. The Kier molecular flexibility index (Phi) is 5.98. The number of nitrogens with zero attached hydrogens (tertiary/aromatic N) is 3. The van der Waals surface area contributed by atoms with Crippen LogP contribution in [-0.4, -0.2) is 23.1 Å². The molecule has 0 N–H and O–H groups in total. The molecule has 3 rings (SSSR count). The van der Waals surface area contributed by atoms with Crippen LogP contribution in [0.25, 0.3) is 0 Å². The number of hydrogen-bond acceptors (Lipinski definition) is 5. The Morgan fingerprint density at radius 2 is 1.72 bits per heavy atom. The highest BCUT2D eigenvalue weighted by Crippen LogP contribution is 2.14. The van der Waals surface area contributed by atoms with Gasteiger partial charge in [-0.2, -0.15) is 8.96 Å². The fourth-order valence-electron chi connectivity index (χ4n) is 2.33. The van der Waals surface area contributed by atoms with Crippen LogP contribution in [-0.2, 0) is 17.1 Å². The Labute approximate surface area is 178 Å². The Hall–Kier alpha value is -2.80. The molecule has 11 heteroatoms. The topological polar surface area (TPSA) is 99.7 Å². The first kappa shape index (κ1) is 20.9. The van der Waals surface area contributed by atoms with E-state index in [9.17, 15) is 22.4 Å². The molecule has 0 spiro atoms. The summed E-state index contributed by atoms with van der Waals surface area (Å²) in [5, 5.41) is 0. The molecular formula is C18H13FIN3O5S. The zero-order valence-corrected chi connectivity index (χ0v) is 17.8. The van der Waals surface area contributed by atoms with Crippen molar-refractivity contribution in [2.24, 2.45) is 12.0 Å². The largest absolute Gasteiger partial charge is 0.441 e. The van der Waals surface area contributed by atoms with Crippen LogP contribution in [0, 0.1) is 9.39 Å². The van der Waals surface area contributed by atoms with Crippen molar-refractivity contribution in [3.8, 4) is 5.75 Å². The summed E-state index contributed by atoms with van der Waals surface area (Å²) < 4.78 is 46.6. The van der Waals surface area contributed by atoms with Crippen LogP contribution in [0.1, 0.15) is 0 Å². The predicted molar refractivity (Wildman–Crippen MR) is 109 cm³/mol. The predicted octanol–water partition coefficient (Wildman–Crippen LogP) is 2.27. The first-order valence-corrected chi connectivity index (χ1v) is 10.5. The second kappa shape index (κ2) is 8.29. The number of hydrogen-bond donors (Lipinski definition) is 0. The van der Waals surface area contributed by atoms with Gasteiger partial charge in [0.25, 0.3) is 10.0 Å². The van der Waals surface area contributed by atoms with Crippen LogP contribution in [0.4, 0.5) is 9.18 Å². The highest BCUT2D eigenvalue weighted by atomic mass is 127. The molecular weight excluding hydrogens is 516 g/mol. The molecule has 1 amide bonds. The van der Waals surface area contributed by atoms with E-state index in [0.29, 0.717) is 10.8 Å². The zero-order chi connectivity index (χ0) is 21.2. The van der Waals surface area contributed by atoms with Crippen molar-refractivity contribution in [2.75, 3.05) is 0 Å². The first-order valence-electron chi connectivity index (χ1n) is 8.01. The van der Waals surface area contributed by atoms with E-state index in [0.717, 1.165) is 10.6 Å². The zero-order valence-electron chi connectivity index (χ0n) is 14.8. The van der Waals surface area contributed by atoms with Crippen LogP contribution in [0.5, 0.6) is 5.75 Å². The lowest BCUT2D eigenvalue weighted by atomic mass is 10.3. The maximum absolute atomic E-state index is 14.6. The molecule has 0 fully saturated rings. The standard InChI is InChI=1S/C18H13FIN3O5S/c1-22-16(21-17(24)28-13-5-3-2-4-6-13)15(19)11-23(18(22)25)29(26,27)14-9-7-12(20)8-10-14/h2-11H,1H3. The second-order valence-electron chi connectivity index (χ2n) is 5.69. The van der Waals surface area contributed by atoms with Gasteiger partial charge in [-0.25, -0.2) is 22.4 Å². The number of rotatable bonds is 3. The summed E-state index contributed by atoms with van der Waals surface area (Å²) in [7, 11) is -3.25. The van der Waals surface area contributed by atoms with E-state index in [1.165, 1.54) is 36.4 Å². The molecule has 1 heterocycles. The third-order valence-electron chi connectivity index (χ3n) is 3.75. The molecule has 29 heavy (non-hydrogen) atoms. The second-order valence-corrected chi connectivity index (χ2v) is 8.75. The molecule has 0 radical (unpaired) electrons. The van der Waals surface area contributed by atoms with Gasteiger partial charge < -0.3 is 4.74 Å². The van der Waals surface area contributed by atoms with E-state index in [2.05, 4.69) is 4.99 Å². The van der Waals surface area contributed by atoms with Gasteiger partial charge in [0.2, 0.25) is 0 Å². The number of carbonyl (C=O) groups excluding carboxylic acids is 1. The van der Waals surface area contributed by atoms with Crippen LogP contribution in [0.3, 0.4) is 0 Å². The van der Waals surface area contributed by atoms with Crippen molar-refractivity contribution in [3.05, 3.63) is 86.2 Å². The van der Waals surface area contributed by atoms with E-state index in [1.54, 1.807) is 18.2 Å². The van der Waals surface area contributed by atoms with Gasteiger partial charge >= 0.3 is 11.8 Å². The molecule has 3 aromatic rings. The number of aromatic nitrogens is 2. The van der Waals surface area contributed by atoms with E-state index in [-0.39, 0.29) is 14.6 Å². The maximum atomic E-state index is 14.6. The fraction of sp³-hybridized carbons (Fsp3) is 0.0556. The number of carbonyl (C=O) groups is 1. The van der Waals surface area contributed by atoms with Gasteiger partial charge in [0.05, 0.1) is 11.1 Å². The Balaban J connectivity index is 2.06. The highest BCUT2D eigenvalue weighted by Gasteiger charge is 2.21. The number of ether oxygens (including phenoxy) is 1. The lowest BCUT2D eigenvalue weighted by Crippen LogP contribution is -2.43. The summed E-state index contributed by atoms with van der Waals surface area (Å²) >= 11 is 2.00. The molecule has 0 unspecified atom stereocenters. The van der Waals surface area contributed by atoms with Gasteiger partial charge in [0.15, 0.2) is 11.3 Å². The quantitative estimate of drug-likeness (QED) is 0.485. The molecule has 0 aliphatic heterocycles. The molecule has 1 aromatic heterocycles. The molecule has 0 saturated carbocycles. The molecule has 0 aliphatic rings. The van der Waals surface area contributed by atoms with E-state index in [4.69, 9.17) is 4.74 Å². The van der Waals surface area contributed by atoms with Crippen molar-refractivity contribution in [1.29, 1.82) is 0 Å². The van der Waals surface area contributed by atoms with Gasteiger partial charge in [-0.15, -0.1) is 0 Å². The van der Waals surface area contributed by atoms with Crippen LogP contribution < -0.4 is 15.9 Å². The lowest BCUT2D eigenvalue weighted by molar-refractivity contribution is 0.209. The van der Waals surface area contributed by atoms with Crippen molar-refractivity contribution < 1.29 is 22.3 Å². The van der Waals surface area contributed by atoms with Crippen LogP contribution in [0.15, 0.2) is 75.5 Å². The van der Waals surface area contributed by atoms with E-state index >= 15 is 0 Å². The van der Waals surface area contributed by atoms with Crippen LogP contribution in [0.2, 0.25) is 0 Å². The minimum Gasteiger partial charge on any atom is -0.409 e. The van der Waals surface area contributed by atoms with Gasteiger partial charge in [-0.1, -0.05) is 18.2 Å². The third-order valence-corrected chi connectivity index (χ3v) is 6.12. The average Bonchev–Trinajstić information content (AvgIpc) is 2.69. The number of para-hydroxylation sites is 1.